The molecule has 1 fully saturated rings. The molecule has 6 heteroatoms. The molecule has 0 aliphatic heterocycles. The maximum Gasteiger partial charge on any atom is 0.214 e. The van der Waals surface area contributed by atoms with Gasteiger partial charge in [-0.2, -0.15) is 0 Å². The second-order valence-electron chi connectivity index (χ2n) is 5.32. The van der Waals surface area contributed by atoms with Crippen molar-refractivity contribution in [3.8, 4) is 0 Å². The van der Waals surface area contributed by atoms with Crippen molar-refractivity contribution < 1.29 is 13.2 Å². The summed E-state index contributed by atoms with van der Waals surface area (Å²) in [5.74, 6) is 0.348. The zero-order valence-corrected chi connectivity index (χ0v) is 12.8. The van der Waals surface area contributed by atoms with Crippen LogP contribution in [0, 0.1) is 0 Å². The molecule has 0 unspecified atom stereocenters. The summed E-state index contributed by atoms with van der Waals surface area (Å²) < 4.78 is 32.1. The van der Waals surface area contributed by atoms with Crippen LogP contribution in [-0.4, -0.2) is 38.3 Å². The highest BCUT2D eigenvalue weighted by Gasteiger charge is 2.34. The van der Waals surface area contributed by atoms with Gasteiger partial charge in [0.25, 0.3) is 0 Å². The van der Waals surface area contributed by atoms with Crippen LogP contribution in [0.4, 0.5) is 0 Å². The molecule has 4 nitrogen and oxygen atoms in total. The van der Waals surface area contributed by atoms with Crippen LogP contribution in [0.15, 0.2) is 0 Å². The zero-order chi connectivity index (χ0) is 13.6. The number of halogens is 1. The SMILES string of the molecule is CC(C)OCCS(=O)(=O)NC1(CCl)CCCCC1. The quantitative estimate of drug-likeness (QED) is 0.734. The van der Waals surface area contributed by atoms with Crippen molar-refractivity contribution in [2.75, 3.05) is 18.2 Å². The molecule has 1 aliphatic carbocycles. The van der Waals surface area contributed by atoms with Gasteiger partial charge in [0.1, 0.15) is 0 Å². The molecule has 108 valence electrons. The van der Waals surface area contributed by atoms with Gasteiger partial charge in [0, 0.05) is 11.4 Å². The number of hydrogen-bond donors (Lipinski definition) is 1. The summed E-state index contributed by atoms with van der Waals surface area (Å²) in [6, 6.07) is 0. The average molecular weight is 298 g/mol. The summed E-state index contributed by atoms with van der Waals surface area (Å²) in [6.07, 6.45) is 4.96. The van der Waals surface area contributed by atoms with E-state index in [2.05, 4.69) is 4.72 Å². The lowest BCUT2D eigenvalue weighted by Gasteiger charge is -2.36. The second-order valence-corrected chi connectivity index (χ2v) is 7.42. The first kappa shape index (κ1) is 16.2. The molecule has 1 aliphatic rings. The molecule has 0 aromatic carbocycles. The summed E-state index contributed by atoms with van der Waals surface area (Å²) in [4.78, 5) is 0. The lowest BCUT2D eigenvalue weighted by atomic mass is 9.84. The van der Waals surface area contributed by atoms with Crippen LogP contribution in [0.5, 0.6) is 0 Å². The topological polar surface area (TPSA) is 55.4 Å². The standard InChI is InChI=1S/C12H24ClNO3S/c1-11(2)17-8-9-18(15,16)14-12(10-13)6-4-3-5-7-12/h11,14H,3-10H2,1-2H3. The van der Waals surface area contributed by atoms with Crippen molar-refractivity contribution in [1.82, 2.24) is 4.72 Å². The third kappa shape index (κ3) is 5.43. The van der Waals surface area contributed by atoms with Crippen molar-refractivity contribution >= 4 is 21.6 Å². The number of nitrogens with one attached hydrogen (secondary N) is 1. The van der Waals surface area contributed by atoms with Crippen LogP contribution >= 0.6 is 11.6 Å². The van der Waals surface area contributed by atoms with E-state index < -0.39 is 15.6 Å². The van der Waals surface area contributed by atoms with E-state index in [4.69, 9.17) is 16.3 Å². The first-order chi connectivity index (χ1) is 8.39. The van der Waals surface area contributed by atoms with Crippen molar-refractivity contribution in [2.45, 2.75) is 57.6 Å². The molecule has 0 radical (unpaired) electrons. The number of ether oxygens (including phenoxy) is 1. The molecule has 0 atom stereocenters. The normalized spacial score (nSPS) is 20.2. The monoisotopic (exact) mass is 297 g/mol. The van der Waals surface area contributed by atoms with Crippen LogP contribution in [-0.2, 0) is 14.8 Å². The van der Waals surface area contributed by atoms with Crippen molar-refractivity contribution in [3.05, 3.63) is 0 Å². The highest BCUT2D eigenvalue weighted by molar-refractivity contribution is 7.89. The minimum atomic E-state index is -3.31. The Kier molecular flexibility index (Phi) is 6.38. The van der Waals surface area contributed by atoms with Crippen LogP contribution in [0.2, 0.25) is 0 Å². The fourth-order valence-corrected chi connectivity index (χ4v) is 4.03. The number of rotatable bonds is 7. The van der Waals surface area contributed by atoms with Crippen molar-refractivity contribution in [1.29, 1.82) is 0 Å². The number of sulfonamides is 1. The molecule has 1 N–H and O–H groups in total. The number of alkyl halides is 1. The van der Waals surface area contributed by atoms with E-state index in [0.717, 1.165) is 32.1 Å². The highest BCUT2D eigenvalue weighted by Crippen LogP contribution is 2.29. The molecule has 1 rings (SSSR count). The van der Waals surface area contributed by atoms with Gasteiger partial charge < -0.3 is 4.74 Å². The highest BCUT2D eigenvalue weighted by atomic mass is 35.5. The maximum atomic E-state index is 12.0. The van der Waals surface area contributed by atoms with Gasteiger partial charge in [-0.3, -0.25) is 0 Å². The fraction of sp³-hybridized carbons (Fsp3) is 1.00. The van der Waals surface area contributed by atoms with E-state index >= 15 is 0 Å². The van der Waals surface area contributed by atoms with E-state index in [9.17, 15) is 8.42 Å². The van der Waals surface area contributed by atoms with Gasteiger partial charge in [0.2, 0.25) is 10.0 Å². The molecular weight excluding hydrogens is 274 g/mol. The summed E-state index contributed by atoms with van der Waals surface area (Å²) in [5, 5.41) is 0. The Labute approximate surface area is 115 Å². The van der Waals surface area contributed by atoms with Crippen LogP contribution in [0.1, 0.15) is 46.0 Å². The zero-order valence-electron chi connectivity index (χ0n) is 11.2. The van der Waals surface area contributed by atoms with E-state index in [0.29, 0.717) is 5.88 Å². The molecule has 1 saturated carbocycles. The largest absolute Gasteiger partial charge is 0.378 e. The molecule has 18 heavy (non-hydrogen) atoms. The van der Waals surface area contributed by atoms with Gasteiger partial charge in [-0.1, -0.05) is 19.3 Å². The van der Waals surface area contributed by atoms with Crippen LogP contribution < -0.4 is 4.72 Å². The van der Waals surface area contributed by atoms with Crippen LogP contribution in [0.25, 0.3) is 0 Å². The van der Waals surface area contributed by atoms with Gasteiger partial charge in [-0.15, -0.1) is 11.6 Å². The molecule has 0 bridgehead atoms. The summed E-state index contributed by atoms with van der Waals surface area (Å²) in [7, 11) is -3.31. The molecule has 0 aromatic rings. The average Bonchev–Trinajstić information content (AvgIpc) is 2.28. The van der Waals surface area contributed by atoms with Gasteiger partial charge in [-0.05, 0) is 26.7 Å². The smallest absolute Gasteiger partial charge is 0.214 e. The van der Waals surface area contributed by atoms with E-state index in [1.807, 2.05) is 13.8 Å². The molecule has 0 amide bonds. The third-order valence-corrected chi connectivity index (χ3v) is 5.20. The van der Waals surface area contributed by atoms with E-state index in [1.165, 1.54) is 0 Å². The predicted octanol–water partition coefficient (Wildman–Crippen LogP) is 2.27. The van der Waals surface area contributed by atoms with E-state index in [-0.39, 0.29) is 18.5 Å². The fourth-order valence-electron chi connectivity index (χ4n) is 2.27. The number of hydrogen-bond acceptors (Lipinski definition) is 3. The third-order valence-electron chi connectivity index (χ3n) is 3.24. The Hall–Kier alpha value is 0.160. The Bertz CT molecular complexity index is 337. The first-order valence-corrected chi connectivity index (χ1v) is 8.77. The molecule has 0 heterocycles. The second kappa shape index (κ2) is 7.08. The van der Waals surface area contributed by atoms with Gasteiger partial charge >= 0.3 is 0 Å². The van der Waals surface area contributed by atoms with Crippen molar-refractivity contribution in [3.63, 3.8) is 0 Å². The summed E-state index contributed by atoms with van der Waals surface area (Å²) in [5.41, 5.74) is -0.434. The van der Waals surface area contributed by atoms with Gasteiger partial charge in [-0.25, -0.2) is 13.1 Å². The minimum absolute atomic E-state index is 0.00379. The van der Waals surface area contributed by atoms with Gasteiger partial charge in [0.05, 0.1) is 18.5 Å². The lowest BCUT2D eigenvalue weighted by molar-refractivity contribution is 0.0910. The minimum Gasteiger partial charge on any atom is -0.378 e. The Balaban J connectivity index is 2.51. The lowest BCUT2D eigenvalue weighted by Crippen LogP contribution is -2.52. The summed E-state index contributed by atoms with van der Waals surface area (Å²) >= 11 is 5.97. The Morgan fingerprint density at radius 2 is 1.89 bits per heavy atom. The molecule has 0 saturated heterocycles. The maximum absolute atomic E-state index is 12.0. The molecule has 0 spiro atoms. The summed E-state index contributed by atoms with van der Waals surface area (Å²) in [6.45, 7) is 4.01. The van der Waals surface area contributed by atoms with Crippen molar-refractivity contribution in [2.24, 2.45) is 0 Å². The predicted molar refractivity (Wildman–Crippen MR) is 74.5 cm³/mol. The van der Waals surface area contributed by atoms with Gasteiger partial charge in [0.15, 0.2) is 0 Å². The Morgan fingerprint density at radius 1 is 1.28 bits per heavy atom. The van der Waals surface area contributed by atoms with E-state index in [1.54, 1.807) is 0 Å². The Morgan fingerprint density at radius 3 is 2.39 bits per heavy atom. The first-order valence-electron chi connectivity index (χ1n) is 6.58. The molecular formula is C12H24ClNO3S. The van der Waals surface area contributed by atoms with Crippen LogP contribution in [0.3, 0.4) is 0 Å². The molecule has 0 aromatic heterocycles.